The molecule has 72 valence electrons. The molecule has 1 aliphatic heterocycles. The molecule has 0 aromatic rings. The SMILES string of the molecule is CC(C)C1CCCC(C)(C)CN1. The van der Waals surface area contributed by atoms with Crippen LogP contribution in [0, 0.1) is 11.3 Å². The van der Waals surface area contributed by atoms with E-state index in [4.69, 9.17) is 0 Å². The molecular formula is C11H23N. The predicted octanol–water partition coefficient (Wildman–Crippen LogP) is 2.81. The maximum absolute atomic E-state index is 3.67. The lowest BCUT2D eigenvalue weighted by Gasteiger charge is -2.24. The van der Waals surface area contributed by atoms with Crippen molar-refractivity contribution in [1.82, 2.24) is 5.32 Å². The molecule has 0 aromatic carbocycles. The summed E-state index contributed by atoms with van der Waals surface area (Å²) >= 11 is 0. The molecule has 12 heavy (non-hydrogen) atoms. The van der Waals surface area contributed by atoms with Crippen LogP contribution in [0.5, 0.6) is 0 Å². The Hall–Kier alpha value is -0.0400. The predicted molar refractivity (Wildman–Crippen MR) is 54.3 cm³/mol. The third-order valence-corrected chi connectivity index (χ3v) is 3.02. The highest BCUT2D eigenvalue weighted by Gasteiger charge is 2.24. The van der Waals surface area contributed by atoms with E-state index in [2.05, 4.69) is 33.0 Å². The quantitative estimate of drug-likeness (QED) is 0.636. The summed E-state index contributed by atoms with van der Waals surface area (Å²) in [5.41, 5.74) is 0.518. The van der Waals surface area contributed by atoms with Gasteiger partial charge in [0.1, 0.15) is 0 Å². The first-order valence-corrected chi connectivity index (χ1v) is 5.25. The average Bonchev–Trinajstić information content (AvgIpc) is 2.10. The fourth-order valence-electron chi connectivity index (χ4n) is 1.97. The lowest BCUT2D eigenvalue weighted by molar-refractivity contribution is 0.318. The molecule has 0 amide bonds. The Kier molecular flexibility index (Phi) is 3.16. The summed E-state index contributed by atoms with van der Waals surface area (Å²) in [6.07, 6.45) is 4.13. The Morgan fingerprint density at radius 1 is 1.33 bits per heavy atom. The van der Waals surface area contributed by atoms with Crippen LogP contribution in [-0.4, -0.2) is 12.6 Å². The first-order valence-electron chi connectivity index (χ1n) is 5.25. The molecule has 0 aromatic heterocycles. The molecule has 1 heteroatoms. The van der Waals surface area contributed by atoms with Gasteiger partial charge >= 0.3 is 0 Å². The third-order valence-electron chi connectivity index (χ3n) is 3.02. The molecule has 1 atom stereocenters. The van der Waals surface area contributed by atoms with E-state index in [0.29, 0.717) is 5.41 Å². The highest BCUT2D eigenvalue weighted by atomic mass is 14.9. The van der Waals surface area contributed by atoms with Crippen LogP contribution >= 0.6 is 0 Å². The van der Waals surface area contributed by atoms with E-state index in [1.54, 1.807) is 0 Å². The van der Waals surface area contributed by atoms with Crippen LogP contribution in [0.15, 0.2) is 0 Å². The Balaban J connectivity index is 2.45. The summed E-state index contributed by atoms with van der Waals surface area (Å²) in [5, 5.41) is 3.67. The lowest BCUT2D eigenvalue weighted by Crippen LogP contribution is -2.37. The van der Waals surface area contributed by atoms with Gasteiger partial charge in [0.05, 0.1) is 0 Å². The van der Waals surface area contributed by atoms with Crippen LogP contribution in [0.3, 0.4) is 0 Å². The van der Waals surface area contributed by atoms with Crippen molar-refractivity contribution >= 4 is 0 Å². The third kappa shape index (κ3) is 2.78. The zero-order valence-electron chi connectivity index (χ0n) is 8.98. The van der Waals surface area contributed by atoms with Gasteiger partial charge in [-0.05, 0) is 24.2 Å². The molecule has 0 saturated carbocycles. The minimum atomic E-state index is 0.518. The second kappa shape index (κ2) is 3.78. The van der Waals surface area contributed by atoms with E-state index in [0.717, 1.165) is 12.0 Å². The summed E-state index contributed by atoms with van der Waals surface area (Å²) in [7, 11) is 0. The molecule has 0 bridgehead atoms. The largest absolute Gasteiger partial charge is 0.313 e. The molecule has 0 spiro atoms. The zero-order valence-corrected chi connectivity index (χ0v) is 8.98. The number of rotatable bonds is 1. The molecule has 1 rings (SSSR count). The van der Waals surface area contributed by atoms with Gasteiger partial charge in [-0.15, -0.1) is 0 Å². The molecule has 1 unspecified atom stereocenters. The van der Waals surface area contributed by atoms with Crippen LogP contribution in [0.2, 0.25) is 0 Å². The topological polar surface area (TPSA) is 12.0 Å². The summed E-state index contributed by atoms with van der Waals surface area (Å²) < 4.78 is 0. The van der Waals surface area contributed by atoms with Crippen molar-refractivity contribution in [2.24, 2.45) is 11.3 Å². The first-order chi connectivity index (χ1) is 5.51. The van der Waals surface area contributed by atoms with E-state index in [1.165, 1.54) is 25.8 Å². The molecule has 1 N–H and O–H groups in total. The van der Waals surface area contributed by atoms with E-state index in [1.807, 2.05) is 0 Å². The highest BCUT2D eigenvalue weighted by molar-refractivity contribution is 4.81. The average molecular weight is 169 g/mol. The van der Waals surface area contributed by atoms with Gasteiger partial charge < -0.3 is 5.32 Å². The van der Waals surface area contributed by atoms with Gasteiger partial charge in [-0.3, -0.25) is 0 Å². The molecule has 0 aliphatic carbocycles. The van der Waals surface area contributed by atoms with Crippen molar-refractivity contribution in [3.05, 3.63) is 0 Å². The standard InChI is InChI=1S/C11H23N/c1-9(2)10-6-5-7-11(3,4)8-12-10/h9-10,12H,5-8H2,1-4H3. The van der Waals surface area contributed by atoms with Crippen molar-refractivity contribution in [2.75, 3.05) is 6.54 Å². The Bertz CT molecular complexity index is 138. The van der Waals surface area contributed by atoms with Crippen molar-refractivity contribution in [3.8, 4) is 0 Å². The smallest absolute Gasteiger partial charge is 0.00902 e. The Morgan fingerprint density at radius 2 is 2.00 bits per heavy atom. The van der Waals surface area contributed by atoms with Crippen LogP contribution < -0.4 is 5.32 Å². The maximum atomic E-state index is 3.67. The first kappa shape index (κ1) is 10.0. The minimum absolute atomic E-state index is 0.518. The molecule has 1 heterocycles. The lowest BCUT2D eigenvalue weighted by atomic mass is 9.88. The highest BCUT2D eigenvalue weighted by Crippen LogP contribution is 2.27. The van der Waals surface area contributed by atoms with Crippen LogP contribution in [-0.2, 0) is 0 Å². The minimum Gasteiger partial charge on any atom is -0.313 e. The summed E-state index contributed by atoms with van der Waals surface area (Å²) in [5.74, 6) is 0.791. The summed E-state index contributed by atoms with van der Waals surface area (Å²) in [6.45, 7) is 10.5. The summed E-state index contributed by atoms with van der Waals surface area (Å²) in [4.78, 5) is 0. The van der Waals surface area contributed by atoms with Gasteiger partial charge in [0.25, 0.3) is 0 Å². The number of hydrogen-bond acceptors (Lipinski definition) is 1. The van der Waals surface area contributed by atoms with Crippen molar-refractivity contribution < 1.29 is 0 Å². The van der Waals surface area contributed by atoms with Crippen LogP contribution in [0.1, 0.15) is 47.0 Å². The summed E-state index contributed by atoms with van der Waals surface area (Å²) in [6, 6.07) is 0.756. The van der Waals surface area contributed by atoms with E-state index >= 15 is 0 Å². The van der Waals surface area contributed by atoms with Crippen molar-refractivity contribution in [2.45, 2.75) is 53.0 Å². The molecule has 1 saturated heterocycles. The molecule has 1 fully saturated rings. The fourth-order valence-corrected chi connectivity index (χ4v) is 1.97. The fraction of sp³-hybridized carbons (Fsp3) is 1.00. The van der Waals surface area contributed by atoms with E-state index in [-0.39, 0.29) is 0 Å². The van der Waals surface area contributed by atoms with Gasteiger partial charge in [0, 0.05) is 12.6 Å². The second-order valence-electron chi connectivity index (χ2n) is 5.29. The maximum Gasteiger partial charge on any atom is 0.00902 e. The van der Waals surface area contributed by atoms with E-state index in [9.17, 15) is 0 Å². The normalized spacial score (nSPS) is 30.2. The van der Waals surface area contributed by atoms with Gasteiger partial charge in [0.2, 0.25) is 0 Å². The van der Waals surface area contributed by atoms with Gasteiger partial charge in [-0.1, -0.05) is 34.1 Å². The van der Waals surface area contributed by atoms with Gasteiger partial charge in [0.15, 0.2) is 0 Å². The van der Waals surface area contributed by atoms with E-state index < -0.39 is 0 Å². The number of nitrogens with one attached hydrogen (secondary N) is 1. The molecule has 1 nitrogen and oxygen atoms in total. The van der Waals surface area contributed by atoms with Crippen LogP contribution in [0.25, 0.3) is 0 Å². The number of hydrogen-bond donors (Lipinski definition) is 1. The second-order valence-corrected chi connectivity index (χ2v) is 5.29. The molecular weight excluding hydrogens is 146 g/mol. The van der Waals surface area contributed by atoms with Crippen LogP contribution in [0.4, 0.5) is 0 Å². The van der Waals surface area contributed by atoms with Crippen molar-refractivity contribution in [3.63, 3.8) is 0 Å². The van der Waals surface area contributed by atoms with Gasteiger partial charge in [-0.25, -0.2) is 0 Å². The molecule has 0 radical (unpaired) electrons. The Morgan fingerprint density at radius 3 is 2.58 bits per heavy atom. The Labute approximate surface area is 76.9 Å². The molecule has 1 aliphatic rings. The van der Waals surface area contributed by atoms with Crippen molar-refractivity contribution in [1.29, 1.82) is 0 Å². The zero-order chi connectivity index (χ0) is 9.19. The monoisotopic (exact) mass is 169 g/mol. The van der Waals surface area contributed by atoms with Gasteiger partial charge in [-0.2, -0.15) is 0 Å².